The van der Waals surface area contributed by atoms with Crippen LogP contribution in [0.25, 0.3) is 22.2 Å². The van der Waals surface area contributed by atoms with Crippen LogP contribution in [0.3, 0.4) is 0 Å². The van der Waals surface area contributed by atoms with Crippen molar-refractivity contribution in [2.45, 2.75) is 20.5 Å². The molecule has 0 unspecified atom stereocenters. The number of nitrogens with zero attached hydrogens (tertiary/aromatic N) is 1. The first kappa shape index (κ1) is 17.9. The molecule has 3 aromatic carbocycles. The van der Waals surface area contributed by atoms with Crippen molar-refractivity contribution in [3.63, 3.8) is 0 Å². The molecule has 1 heterocycles. The molecule has 0 aliphatic rings. The number of carbonyl (C=O) groups excluding carboxylic acids is 1. The lowest BCUT2D eigenvalue weighted by molar-refractivity contribution is 0.0473. The van der Waals surface area contributed by atoms with E-state index in [2.05, 4.69) is 0 Å². The number of fused-ring (bicyclic) bond motifs is 1. The summed E-state index contributed by atoms with van der Waals surface area (Å²) in [7, 11) is 0. The fourth-order valence-electron chi connectivity index (χ4n) is 3.43. The predicted molar refractivity (Wildman–Crippen MR) is 112 cm³/mol. The quantitative estimate of drug-likeness (QED) is 0.423. The summed E-state index contributed by atoms with van der Waals surface area (Å²) in [6.07, 6.45) is 0. The summed E-state index contributed by atoms with van der Waals surface area (Å²) < 4.78 is 5.71. The van der Waals surface area contributed by atoms with Crippen molar-refractivity contribution in [1.82, 2.24) is 4.98 Å². The first-order valence-corrected chi connectivity index (χ1v) is 9.31. The summed E-state index contributed by atoms with van der Waals surface area (Å²) in [5.41, 5.74) is 6.11. The molecule has 0 spiro atoms. The van der Waals surface area contributed by atoms with Crippen LogP contribution in [0.4, 0.5) is 0 Å². The molecule has 28 heavy (non-hydrogen) atoms. The van der Waals surface area contributed by atoms with Crippen LogP contribution < -0.4 is 0 Å². The summed E-state index contributed by atoms with van der Waals surface area (Å²) in [6.45, 7) is 4.21. The maximum absolute atomic E-state index is 13.1. The molecule has 3 nitrogen and oxygen atoms in total. The number of rotatable bonds is 4. The second kappa shape index (κ2) is 7.65. The zero-order valence-corrected chi connectivity index (χ0v) is 16.0. The number of pyridine rings is 1. The number of carbonyl (C=O) groups is 1. The summed E-state index contributed by atoms with van der Waals surface area (Å²) >= 11 is 0. The zero-order valence-electron chi connectivity index (χ0n) is 16.0. The van der Waals surface area contributed by atoms with Crippen molar-refractivity contribution in [2.75, 3.05) is 0 Å². The standard InChI is InChI=1S/C25H21NO2/c1-17-10-6-7-13-20(17)16-28-25(27)23-18(2)24(19-11-4-3-5-12-19)26-22-15-9-8-14-21(22)23/h3-15H,16H2,1-2H3. The van der Waals surface area contributed by atoms with Crippen molar-refractivity contribution in [3.05, 3.63) is 101 Å². The zero-order chi connectivity index (χ0) is 19.5. The highest BCUT2D eigenvalue weighted by Gasteiger charge is 2.20. The molecule has 0 fully saturated rings. The second-order valence-corrected chi connectivity index (χ2v) is 6.85. The van der Waals surface area contributed by atoms with E-state index in [0.717, 1.165) is 38.9 Å². The molecule has 0 radical (unpaired) electrons. The van der Waals surface area contributed by atoms with Gasteiger partial charge >= 0.3 is 5.97 Å². The van der Waals surface area contributed by atoms with Crippen molar-refractivity contribution in [3.8, 4) is 11.3 Å². The molecule has 0 aliphatic carbocycles. The van der Waals surface area contributed by atoms with Gasteiger partial charge in [0.25, 0.3) is 0 Å². The van der Waals surface area contributed by atoms with Crippen LogP contribution in [0, 0.1) is 13.8 Å². The Balaban J connectivity index is 1.78. The lowest BCUT2D eigenvalue weighted by atomic mass is 9.98. The van der Waals surface area contributed by atoms with Crippen LogP contribution >= 0.6 is 0 Å². The Bertz CT molecular complexity index is 1150. The van der Waals surface area contributed by atoms with Crippen LogP contribution in [0.15, 0.2) is 78.9 Å². The minimum Gasteiger partial charge on any atom is -0.457 e. The Morgan fingerprint density at radius 1 is 0.857 bits per heavy atom. The third-order valence-electron chi connectivity index (χ3n) is 5.01. The lowest BCUT2D eigenvalue weighted by Crippen LogP contribution is -2.10. The van der Waals surface area contributed by atoms with Gasteiger partial charge in [0.15, 0.2) is 0 Å². The molecule has 1 aromatic heterocycles. The third-order valence-corrected chi connectivity index (χ3v) is 5.01. The van der Waals surface area contributed by atoms with Crippen LogP contribution in [0.5, 0.6) is 0 Å². The van der Waals surface area contributed by atoms with E-state index in [1.165, 1.54) is 0 Å². The highest BCUT2D eigenvalue weighted by Crippen LogP contribution is 2.30. The Morgan fingerprint density at radius 3 is 2.32 bits per heavy atom. The van der Waals surface area contributed by atoms with E-state index in [4.69, 9.17) is 9.72 Å². The van der Waals surface area contributed by atoms with E-state index in [1.807, 2.05) is 92.7 Å². The predicted octanol–water partition coefficient (Wildman–Crippen LogP) is 5.88. The average Bonchev–Trinajstić information content (AvgIpc) is 2.73. The number of para-hydroxylation sites is 1. The van der Waals surface area contributed by atoms with E-state index < -0.39 is 0 Å². The van der Waals surface area contributed by atoms with Crippen LogP contribution in [0.1, 0.15) is 27.0 Å². The second-order valence-electron chi connectivity index (χ2n) is 6.85. The molecular formula is C25H21NO2. The van der Waals surface area contributed by atoms with Gasteiger partial charge in [0.2, 0.25) is 0 Å². The fourth-order valence-corrected chi connectivity index (χ4v) is 3.43. The molecular weight excluding hydrogens is 346 g/mol. The molecule has 0 saturated carbocycles. The lowest BCUT2D eigenvalue weighted by Gasteiger charge is -2.15. The average molecular weight is 367 g/mol. The number of aromatic nitrogens is 1. The molecule has 0 atom stereocenters. The monoisotopic (exact) mass is 367 g/mol. The Labute approximate surface area is 164 Å². The summed E-state index contributed by atoms with van der Waals surface area (Å²) in [6, 6.07) is 25.6. The normalized spacial score (nSPS) is 10.8. The maximum atomic E-state index is 13.1. The van der Waals surface area contributed by atoms with Gasteiger partial charge in [-0.05, 0) is 36.6 Å². The highest BCUT2D eigenvalue weighted by molar-refractivity contribution is 6.06. The minimum atomic E-state index is -0.323. The molecule has 3 heteroatoms. The molecule has 0 amide bonds. The van der Waals surface area contributed by atoms with E-state index in [-0.39, 0.29) is 12.6 Å². The van der Waals surface area contributed by atoms with Gasteiger partial charge in [-0.15, -0.1) is 0 Å². The molecule has 4 aromatic rings. The van der Waals surface area contributed by atoms with Gasteiger partial charge in [-0.2, -0.15) is 0 Å². The van der Waals surface area contributed by atoms with Crippen LogP contribution in [0.2, 0.25) is 0 Å². The Morgan fingerprint density at radius 2 is 1.54 bits per heavy atom. The largest absolute Gasteiger partial charge is 0.457 e. The van der Waals surface area contributed by atoms with Gasteiger partial charge in [-0.3, -0.25) is 0 Å². The topological polar surface area (TPSA) is 39.2 Å². The number of esters is 1. The molecule has 4 rings (SSSR count). The van der Waals surface area contributed by atoms with Crippen molar-refractivity contribution in [1.29, 1.82) is 0 Å². The van der Waals surface area contributed by atoms with E-state index in [0.29, 0.717) is 5.56 Å². The number of benzene rings is 3. The third kappa shape index (κ3) is 3.39. The molecule has 0 N–H and O–H groups in total. The van der Waals surface area contributed by atoms with Gasteiger partial charge in [0, 0.05) is 10.9 Å². The number of aryl methyl sites for hydroxylation is 1. The van der Waals surface area contributed by atoms with Crippen molar-refractivity contribution >= 4 is 16.9 Å². The molecule has 0 aliphatic heterocycles. The summed E-state index contributed by atoms with van der Waals surface area (Å²) in [5, 5.41) is 0.814. The number of hydrogen-bond donors (Lipinski definition) is 0. The van der Waals surface area contributed by atoms with Crippen LogP contribution in [-0.2, 0) is 11.3 Å². The van der Waals surface area contributed by atoms with Gasteiger partial charge in [0.05, 0.1) is 16.8 Å². The van der Waals surface area contributed by atoms with Gasteiger partial charge < -0.3 is 4.74 Å². The van der Waals surface area contributed by atoms with Gasteiger partial charge in [-0.25, -0.2) is 9.78 Å². The first-order chi connectivity index (χ1) is 13.6. The van der Waals surface area contributed by atoms with Crippen molar-refractivity contribution in [2.24, 2.45) is 0 Å². The number of ether oxygens (including phenoxy) is 1. The fraction of sp³-hybridized carbons (Fsp3) is 0.120. The van der Waals surface area contributed by atoms with E-state index >= 15 is 0 Å². The first-order valence-electron chi connectivity index (χ1n) is 9.31. The Hall–Kier alpha value is -3.46. The molecule has 0 bridgehead atoms. The summed E-state index contributed by atoms with van der Waals surface area (Å²) in [4.78, 5) is 17.9. The smallest absolute Gasteiger partial charge is 0.339 e. The van der Waals surface area contributed by atoms with Crippen LogP contribution in [-0.4, -0.2) is 11.0 Å². The van der Waals surface area contributed by atoms with Crippen molar-refractivity contribution < 1.29 is 9.53 Å². The minimum absolute atomic E-state index is 0.252. The SMILES string of the molecule is Cc1ccccc1COC(=O)c1c(C)c(-c2ccccc2)nc2ccccc12. The molecule has 0 saturated heterocycles. The highest BCUT2D eigenvalue weighted by atomic mass is 16.5. The van der Waals surface area contributed by atoms with Gasteiger partial charge in [-0.1, -0.05) is 72.8 Å². The number of hydrogen-bond acceptors (Lipinski definition) is 3. The molecule has 138 valence electrons. The van der Waals surface area contributed by atoms with E-state index in [1.54, 1.807) is 0 Å². The van der Waals surface area contributed by atoms with Gasteiger partial charge in [0.1, 0.15) is 6.61 Å². The Kier molecular flexibility index (Phi) is 4.90. The maximum Gasteiger partial charge on any atom is 0.339 e. The summed E-state index contributed by atoms with van der Waals surface area (Å²) in [5.74, 6) is -0.323. The van der Waals surface area contributed by atoms with E-state index in [9.17, 15) is 4.79 Å².